The Bertz CT molecular complexity index is 914. The molecule has 1 aromatic heterocycles. The molecule has 3 aromatic rings. The Kier molecular flexibility index (Phi) is 8.18. The molecule has 2 aromatic carbocycles. The molecule has 30 heavy (non-hydrogen) atoms. The number of carbonyl (C=O) groups is 2. The number of rotatable bonds is 10. The first-order valence-corrected chi connectivity index (χ1v) is 10.9. The molecule has 2 atom stereocenters. The van der Waals surface area contributed by atoms with Crippen LogP contribution in [0.25, 0.3) is 0 Å². The Balaban J connectivity index is 1.50. The lowest BCUT2D eigenvalue weighted by molar-refractivity contribution is -0.123. The van der Waals surface area contributed by atoms with E-state index in [-0.39, 0.29) is 17.9 Å². The molecule has 0 aliphatic heterocycles. The fraction of sp³-hybridized carbons (Fsp3) is 0.250. The first-order chi connectivity index (χ1) is 14.6. The highest BCUT2D eigenvalue weighted by Crippen LogP contribution is 2.17. The quantitative estimate of drug-likeness (QED) is 0.473. The van der Waals surface area contributed by atoms with Crippen molar-refractivity contribution in [3.8, 4) is 0 Å². The highest BCUT2D eigenvalue weighted by atomic mass is 32.1. The van der Waals surface area contributed by atoms with Crippen LogP contribution in [-0.2, 0) is 9.53 Å². The van der Waals surface area contributed by atoms with Crippen molar-refractivity contribution in [2.45, 2.75) is 25.5 Å². The van der Waals surface area contributed by atoms with Gasteiger partial charge in [0.05, 0.1) is 11.0 Å². The van der Waals surface area contributed by atoms with Crippen molar-refractivity contribution in [3.05, 3.63) is 94.2 Å². The van der Waals surface area contributed by atoms with Crippen molar-refractivity contribution in [2.75, 3.05) is 13.2 Å². The van der Waals surface area contributed by atoms with Gasteiger partial charge in [0.2, 0.25) is 5.91 Å². The van der Waals surface area contributed by atoms with Crippen LogP contribution in [0.1, 0.15) is 46.3 Å². The van der Waals surface area contributed by atoms with Gasteiger partial charge in [-0.2, -0.15) is 0 Å². The summed E-state index contributed by atoms with van der Waals surface area (Å²) in [5.74, 6) is -0.490. The van der Waals surface area contributed by atoms with E-state index in [0.29, 0.717) is 24.4 Å². The zero-order valence-corrected chi connectivity index (χ0v) is 17.7. The molecule has 0 bridgehead atoms. The first-order valence-electron chi connectivity index (χ1n) is 9.98. The summed E-state index contributed by atoms with van der Waals surface area (Å²) in [5, 5.41) is 7.60. The molecule has 2 amide bonds. The molecule has 156 valence electrons. The third-order valence-electron chi connectivity index (χ3n) is 4.67. The van der Waals surface area contributed by atoms with Crippen LogP contribution in [0.3, 0.4) is 0 Å². The van der Waals surface area contributed by atoms with Crippen molar-refractivity contribution in [2.24, 2.45) is 0 Å². The fourth-order valence-corrected chi connectivity index (χ4v) is 3.65. The smallest absolute Gasteiger partial charge is 0.262 e. The van der Waals surface area contributed by atoms with Gasteiger partial charge in [0, 0.05) is 13.2 Å². The van der Waals surface area contributed by atoms with Gasteiger partial charge >= 0.3 is 0 Å². The van der Waals surface area contributed by atoms with E-state index in [1.165, 1.54) is 11.3 Å². The molecule has 2 N–H and O–H groups in total. The maximum Gasteiger partial charge on any atom is 0.262 e. The standard InChI is InChI=1S/C24H26N2O3S/c1-18(19-10-4-2-5-11-19)29-16-9-15-25-24(28)22(20-12-6-3-7-13-20)26-23(27)21-14-8-17-30-21/h2-8,10-14,17-18,22H,9,15-16H2,1H3,(H,25,28)(H,26,27). The second-order valence-electron chi connectivity index (χ2n) is 6.86. The molecule has 2 unspecified atom stereocenters. The van der Waals surface area contributed by atoms with E-state index in [1.54, 1.807) is 6.07 Å². The highest BCUT2D eigenvalue weighted by Gasteiger charge is 2.23. The average molecular weight is 423 g/mol. The molecular weight excluding hydrogens is 396 g/mol. The van der Waals surface area contributed by atoms with Crippen LogP contribution in [0.5, 0.6) is 0 Å². The predicted molar refractivity (Wildman–Crippen MR) is 119 cm³/mol. The molecule has 0 fully saturated rings. The fourth-order valence-electron chi connectivity index (χ4n) is 3.02. The van der Waals surface area contributed by atoms with Crippen molar-refractivity contribution >= 4 is 23.2 Å². The van der Waals surface area contributed by atoms with Gasteiger partial charge in [-0.05, 0) is 35.9 Å². The second-order valence-corrected chi connectivity index (χ2v) is 7.81. The number of ether oxygens (including phenoxy) is 1. The summed E-state index contributed by atoms with van der Waals surface area (Å²) in [6.45, 7) is 3.02. The SMILES string of the molecule is CC(OCCCNC(=O)C(NC(=O)c1cccs1)c1ccccc1)c1ccccc1. The summed E-state index contributed by atoms with van der Waals surface area (Å²) in [6.07, 6.45) is 0.688. The molecule has 0 spiro atoms. The zero-order chi connectivity index (χ0) is 21.2. The van der Waals surface area contributed by atoms with Crippen molar-refractivity contribution < 1.29 is 14.3 Å². The van der Waals surface area contributed by atoms with Gasteiger partial charge in [0.15, 0.2) is 0 Å². The van der Waals surface area contributed by atoms with E-state index in [1.807, 2.05) is 79.0 Å². The van der Waals surface area contributed by atoms with Crippen LogP contribution in [0.4, 0.5) is 0 Å². The van der Waals surface area contributed by atoms with E-state index in [4.69, 9.17) is 4.74 Å². The first kappa shape index (κ1) is 21.7. The molecule has 5 nitrogen and oxygen atoms in total. The molecule has 3 rings (SSSR count). The molecule has 0 aliphatic carbocycles. The van der Waals surface area contributed by atoms with E-state index in [0.717, 1.165) is 11.1 Å². The molecule has 1 heterocycles. The number of benzene rings is 2. The summed E-state index contributed by atoms with van der Waals surface area (Å²) < 4.78 is 5.85. The largest absolute Gasteiger partial charge is 0.374 e. The lowest BCUT2D eigenvalue weighted by Crippen LogP contribution is -2.40. The summed E-state index contributed by atoms with van der Waals surface area (Å²) in [5.41, 5.74) is 1.87. The molecule has 0 saturated carbocycles. The summed E-state index contributed by atoms with van der Waals surface area (Å²) in [4.78, 5) is 25.9. The third-order valence-corrected chi connectivity index (χ3v) is 5.54. The number of hydrogen-bond acceptors (Lipinski definition) is 4. The number of hydrogen-bond donors (Lipinski definition) is 2. The molecule has 0 saturated heterocycles. The van der Waals surface area contributed by atoms with Gasteiger partial charge in [-0.25, -0.2) is 0 Å². The Morgan fingerprint density at radius 3 is 2.23 bits per heavy atom. The third kappa shape index (κ3) is 6.27. The number of thiophene rings is 1. The molecule has 6 heteroatoms. The Hall–Kier alpha value is -2.96. The molecule has 0 aliphatic rings. The normalized spacial score (nSPS) is 12.7. The molecule has 0 radical (unpaired) electrons. The number of carbonyl (C=O) groups excluding carboxylic acids is 2. The maximum atomic E-state index is 12.8. The van der Waals surface area contributed by atoms with E-state index in [2.05, 4.69) is 10.6 Å². The minimum atomic E-state index is -0.745. The second kappa shape index (κ2) is 11.3. The number of nitrogens with one attached hydrogen (secondary N) is 2. The lowest BCUT2D eigenvalue weighted by atomic mass is 10.1. The van der Waals surface area contributed by atoms with E-state index >= 15 is 0 Å². The van der Waals surface area contributed by atoms with E-state index in [9.17, 15) is 9.59 Å². The van der Waals surface area contributed by atoms with Gasteiger partial charge in [-0.1, -0.05) is 66.7 Å². The van der Waals surface area contributed by atoms with Crippen molar-refractivity contribution in [1.82, 2.24) is 10.6 Å². The minimum Gasteiger partial charge on any atom is -0.374 e. The van der Waals surface area contributed by atoms with Gasteiger partial charge in [0.25, 0.3) is 5.91 Å². The Morgan fingerprint density at radius 2 is 1.60 bits per heavy atom. The van der Waals surface area contributed by atoms with Gasteiger partial charge < -0.3 is 15.4 Å². The lowest BCUT2D eigenvalue weighted by Gasteiger charge is -2.19. The van der Waals surface area contributed by atoms with E-state index < -0.39 is 6.04 Å². The van der Waals surface area contributed by atoms with Crippen LogP contribution in [0.2, 0.25) is 0 Å². The summed E-state index contributed by atoms with van der Waals surface area (Å²) in [6, 6.07) is 22.1. The minimum absolute atomic E-state index is 0.00375. The van der Waals surface area contributed by atoms with Crippen LogP contribution >= 0.6 is 11.3 Å². The average Bonchev–Trinajstić information content (AvgIpc) is 3.33. The van der Waals surface area contributed by atoms with Crippen LogP contribution < -0.4 is 10.6 Å². The molecular formula is C24H26N2O3S. The topological polar surface area (TPSA) is 67.4 Å². The summed E-state index contributed by atoms with van der Waals surface area (Å²) in [7, 11) is 0. The Labute approximate surface area is 181 Å². The number of amides is 2. The van der Waals surface area contributed by atoms with Crippen LogP contribution in [0, 0.1) is 0 Å². The van der Waals surface area contributed by atoms with Crippen molar-refractivity contribution in [1.29, 1.82) is 0 Å². The van der Waals surface area contributed by atoms with Crippen molar-refractivity contribution in [3.63, 3.8) is 0 Å². The Morgan fingerprint density at radius 1 is 0.933 bits per heavy atom. The van der Waals surface area contributed by atoms with Gasteiger partial charge in [-0.3, -0.25) is 9.59 Å². The zero-order valence-electron chi connectivity index (χ0n) is 16.9. The van der Waals surface area contributed by atoms with Crippen LogP contribution in [0.15, 0.2) is 78.2 Å². The highest BCUT2D eigenvalue weighted by molar-refractivity contribution is 7.12. The van der Waals surface area contributed by atoms with Gasteiger partial charge in [-0.15, -0.1) is 11.3 Å². The van der Waals surface area contributed by atoms with Gasteiger partial charge in [0.1, 0.15) is 6.04 Å². The monoisotopic (exact) mass is 422 g/mol. The predicted octanol–water partition coefficient (Wildman–Crippen LogP) is 4.50. The maximum absolute atomic E-state index is 12.8. The van der Waals surface area contributed by atoms with Crippen LogP contribution in [-0.4, -0.2) is 25.0 Å². The summed E-state index contributed by atoms with van der Waals surface area (Å²) >= 11 is 1.34.